The number of nitrogens with zero attached hydrogens (tertiary/aromatic N) is 3. The zero-order valence-corrected chi connectivity index (χ0v) is 13.5. The van der Waals surface area contributed by atoms with Gasteiger partial charge in [0.15, 0.2) is 0 Å². The Balaban J connectivity index is 2.39. The minimum atomic E-state index is 1.10. The summed E-state index contributed by atoms with van der Waals surface area (Å²) < 4.78 is 0. The SMILES string of the molecule is CCCCCCCN(CCCN(C)C)c1ccccn1. The second-order valence-electron chi connectivity index (χ2n) is 5.75. The minimum absolute atomic E-state index is 1.10. The molecule has 0 aromatic carbocycles. The molecule has 0 N–H and O–H groups in total. The molecule has 0 bridgehead atoms. The summed E-state index contributed by atoms with van der Waals surface area (Å²) in [6.07, 6.45) is 9.74. The van der Waals surface area contributed by atoms with Crippen molar-refractivity contribution >= 4 is 5.82 Å². The van der Waals surface area contributed by atoms with Gasteiger partial charge >= 0.3 is 0 Å². The highest BCUT2D eigenvalue weighted by molar-refractivity contribution is 5.37. The van der Waals surface area contributed by atoms with Gasteiger partial charge in [-0.15, -0.1) is 0 Å². The van der Waals surface area contributed by atoms with E-state index in [-0.39, 0.29) is 0 Å². The van der Waals surface area contributed by atoms with Crippen LogP contribution in [0.5, 0.6) is 0 Å². The molecule has 0 aliphatic carbocycles. The molecule has 0 saturated carbocycles. The Labute approximate surface area is 125 Å². The van der Waals surface area contributed by atoms with Crippen LogP contribution in [0.3, 0.4) is 0 Å². The van der Waals surface area contributed by atoms with Crippen LogP contribution in [-0.4, -0.2) is 43.6 Å². The number of anilines is 1. The van der Waals surface area contributed by atoms with Crippen molar-refractivity contribution in [2.75, 3.05) is 38.6 Å². The van der Waals surface area contributed by atoms with Gasteiger partial charge in [-0.05, 0) is 45.6 Å². The maximum Gasteiger partial charge on any atom is 0.128 e. The van der Waals surface area contributed by atoms with Crippen molar-refractivity contribution in [1.82, 2.24) is 9.88 Å². The van der Waals surface area contributed by atoms with E-state index < -0.39 is 0 Å². The van der Waals surface area contributed by atoms with Gasteiger partial charge in [0.2, 0.25) is 0 Å². The van der Waals surface area contributed by atoms with Crippen molar-refractivity contribution in [1.29, 1.82) is 0 Å². The summed E-state index contributed by atoms with van der Waals surface area (Å²) in [5, 5.41) is 0. The highest BCUT2D eigenvalue weighted by atomic mass is 15.2. The van der Waals surface area contributed by atoms with Crippen LogP contribution in [0.1, 0.15) is 45.4 Å². The monoisotopic (exact) mass is 277 g/mol. The average Bonchev–Trinajstić information content (AvgIpc) is 2.46. The minimum Gasteiger partial charge on any atom is -0.357 e. The first-order valence-corrected chi connectivity index (χ1v) is 8.04. The molecule has 0 atom stereocenters. The maximum absolute atomic E-state index is 4.50. The van der Waals surface area contributed by atoms with Gasteiger partial charge < -0.3 is 9.80 Å². The number of pyridine rings is 1. The normalized spacial score (nSPS) is 11.0. The van der Waals surface area contributed by atoms with Crippen molar-refractivity contribution in [3.8, 4) is 0 Å². The number of rotatable bonds is 11. The number of hydrogen-bond acceptors (Lipinski definition) is 3. The van der Waals surface area contributed by atoms with E-state index in [2.05, 4.69) is 47.9 Å². The zero-order chi connectivity index (χ0) is 14.6. The van der Waals surface area contributed by atoms with Crippen molar-refractivity contribution in [2.24, 2.45) is 0 Å². The Morgan fingerprint density at radius 1 is 0.900 bits per heavy atom. The second-order valence-corrected chi connectivity index (χ2v) is 5.75. The third-order valence-corrected chi connectivity index (χ3v) is 3.54. The molecule has 20 heavy (non-hydrogen) atoms. The van der Waals surface area contributed by atoms with Crippen LogP contribution in [0, 0.1) is 0 Å². The molecule has 0 aliphatic heterocycles. The number of unbranched alkanes of at least 4 members (excludes halogenated alkanes) is 4. The van der Waals surface area contributed by atoms with Crippen LogP contribution < -0.4 is 4.90 Å². The summed E-state index contributed by atoms with van der Waals surface area (Å²) >= 11 is 0. The topological polar surface area (TPSA) is 19.4 Å². The fourth-order valence-electron chi connectivity index (χ4n) is 2.37. The van der Waals surface area contributed by atoms with Crippen LogP contribution >= 0.6 is 0 Å². The Hall–Kier alpha value is -1.09. The van der Waals surface area contributed by atoms with Crippen LogP contribution in [0.4, 0.5) is 5.82 Å². The third-order valence-electron chi connectivity index (χ3n) is 3.54. The first-order valence-electron chi connectivity index (χ1n) is 8.04. The van der Waals surface area contributed by atoms with Crippen molar-refractivity contribution in [2.45, 2.75) is 45.4 Å². The van der Waals surface area contributed by atoms with E-state index in [1.807, 2.05) is 12.3 Å². The van der Waals surface area contributed by atoms with Gasteiger partial charge in [0, 0.05) is 19.3 Å². The fourth-order valence-corrected chi connectivity index (χ4v) is 2.37. The lowest BCUT2D eigenvalue weighted by Crippen LogP contribution is -2.29. The molecule has 1 rings (SSSR count). The quantitative estimate of drug-likeness (QED) is 0.573. The van der Waals surface area contributed by atoms with Gasteiger partial charge in [0.25, 0.3) is 0 Å². The number of aromatic nitrogens is 1. The largest absolute Gasteiger partial charge is 0.357 e. The lowest BCUT2D eigenvalue weighted by Gasteiger charge is -2.24. The summed E-state index contributed by atoms with van der Waals surface area (Å²) in [6, 6.07) is 6.20. The Morgan fingerprint density at radius 3 is 2.30 bits per heavy atom. The van der Waals surface area contributed by atoms with Crippen molar-refractivity contribution < 1.29 is 0 Å². The summed E-state index contributed by atoms with van der Waals surface area (Å²) in [5.74, 6) is 1.13. The summed E-state index contributed by atoms with van der Waals surface area (Å²) in [6.45, 7) is 5.64. The lowest BCUT2D eigenvalue weighted by molar-refractivity contribution is 0.399. The predicted molar refractivity (Wildman–Crippen MR) is 88.4 cm³/mol. The number of hydrogen-bond donors (Lipinski definition) is 0. The standard InChI is InChI=1S/C17H31N3/c1-4-5-6-7-10-15-20(16-11-14-19(2)3)17-12-8-9-13-18-17/h8-9,12-13H,4-7,10-11,14-16H2,1-3H3. The highest BCUT2D eigenvalue weighted by Crippen LogP contribution is 2.12. The first kappa shape index (κ1) is 17.0. The molecule has 0 aliphatic rings. The molecule has 3 nitrogen and oxygen atoms in total. The van der Waals surface area contributed by atoms with Gasteiger partial charge in [-0.1, -0.05) is 38.7 Å². The zero-order valence-electron chi connectivity index (χ0n) is 13.5. The first-order chi connectivity index (χ1) is 9.74. The lowest BCUT2D eigenvalue weighted by atomic mass is 10.1. The molecule has 0 fully saturated rings. The molecule has 0 saturated heterocycles. The molecule has 0 radical (unpaired) electrons. The molecule has 0 amide bonds. The third kappa shape index (κ3) is 7.49. The van der Waals surface area contributed by atoms with Crippen molar-refractivity contribution in [3.05, 3.63) is 24.4 Å². The van der Waals surface area contributed by atoms with E-state index in [0.717, 1.165) is 25.5 Å². The summed E-state index contributed by atoms with van der Waals surface area (Å²) in [5.41, 5.74) is 0. The van der Waals surface area contributed by atoms with Crippen LogP contribution in [0.2, 0.25) is 0 Å². The molecule has 1 aromatic rings. The second kappa shape index (κ2) is 10.7. The van der Waals surface area contributed by atoms with Gasteiger partial charge in [-0.2, -0.15) is 0 Å². The van der Waals surface area contributed by atoms with Crippen LogP contribution in [-0.2, 0) is 0 Å². The van der Waals surface area contributed by atoms with E-state index >= 15 is 0 Å². The molecule has 0 unspecified atom stereocenters. The van der Waals surface area contributed by atoms with E-state index in [1.54, 1.807) is 0 Å². The Bertz CT molecular complexity index is 324. The maximum atomic E-state index is 4.50. The Kier molecular flexibility index (Phi) is 9.05. The average molecular weight is 277 g/mol. The predicted octanol–water partition coefficient (Wildman–Crippen LogP) is 3.81. The van der Waals surface area contributed by atoms with E-state index in [1.165, 1.54) is 38.5 Å². The molecular formula is C17H31N3. The van der Waals surface area contributed by atoms with E-state index in [4.69, 9.17) is 0 Å². The highest BCUT2D eigenvalue weighted by Gasteiger charge is 2.07. The van der Waals surface area contributed by atoms with Crippen LogP contribution in [0.25, 0.3) is 0 Å². The smallest absolute Gasteiger partial charge is 0.128 e. The molecule has 3 heteroatoms. The fraction of sp³-hybridized carbons (Fsp3) is 0.706. The van der Waals surface area contributed by atoms with Crippen LogP contribution in [0.15, 0.2) is 24.4 Å². The van der Waals surface area contributed by atoms with Crippen molar-refractivity contribution in [3.63, 3.8) is 0 Å². The summed E-state index contributed by atoms with van der Waals surface area (Å²) in [4.78, 5) is 9.19. The molecule has 1 aromatic heterocycles. The molecule has 1 heterocycles. The summed E-state index contributed by atoms with van der Waals surface area (Å²) in [7, 11) is 4.27. The van der Waals surface area contributed by atoms with E-state index in [0.29, 0.717) is 0 Å². The Morgan fingerprint density at radius 2 is 1.65 bits per heavy atom. The van der Waals surface area contributed by atoms with Gasteiger partial charge in [0.1, 0.15) is 5.82 Å². The molecular weight excluding hydrogens is 246 g/mol. The van der Waals surface area contributed by atoms with Gasteiger partial charge in [0.05, 0.1) is 0 Å². The van der Waals surface area contributed by atoms with Gasteiger partial charge in [-0.3, -0.25) is 0 Å². The van der Waals surface area contributed by atoms with E-state index in [9.17, 15) is 0 Å². The molecule has 114 valence electrons. The van der Waals surface area contributed by atoms with Gasteiger partial charge in [-0.25, -0.2) is 4.98 Å². The molecule has 0 spiro atoms.